The van der Waals surface area contributed by atoms with Gasteiger partial charge in [0.25, 0.3) is 5.91 Å². The number of aliphatic carboxylic acids is 1. The van der Waals surface area contributed by atoms with E-state index < -0.39 is 11.4 Å². The molecule has 128 valence electrons. The SMILES string of the molecule is CC1Sc2ccc(C(=O)N3CCCC(C)(C(=O)O)C3)cc2NC1=O. The Labute approximate surface area is 144 Å². The van der Waals surface area contributed by atoms with Crippen LogP contribution in [0.15, 0.2) is 23.1 Å². The number of nitrogens with zero attached hydrogens (tertiary/aromatic N) is 1. The third kappa shape index (κ3) is 3.00. The first-order valence-electron chi connectivity index (χ1n) is 7.94. The highest BCUT2D eigenvalue weighted by atomic mass is 32.2. The molecule has 1 aromatic carbocycles. The highest BCUT2D eigenvalue weighted by Gasteiger charge is 2.39. The molecule has 7 heteroatoms. The van der Waals surface area contributed by atoms with Gasteiger partial charge in [-0.25, -0.2) is 0 Å². The molecule has 3 rings (SSSR count). The Morgan fingerprint density at radius 1 is 1.42 bits per heavy atom. The van der Waals surface area contributed by atoms with Gasteiger partial charge in [-0.05, 0) is 44.9 Å². The fraction of sp³-hybridized carbons (Fsp3) is 0.471. The average molecular weight is 348 g/mol. The minimum absolute atomic E-state index is 0.0754. The standard InChI is InChI=1S/C17H20N2O4S/c1-10-14(20)18-12-8-11(4-5-13(12)24-10)15(21)19-7-3-6-17(2,9-19)16(22)23/h4-5,8,10H,3,6-7,9H2,1-2H3,(H,18,20)(H,22,23). The topological polar surface area (TPSA) is 86.7 Å². The lowest BCUT2D eigenvalue weighted by molar-refractivity contribution is -0.150. The Bertz CT molecular complexity index is 721. The highest BCUT2D eigenvalue weighted by molar-refractivity contribution is 8.00. The summed E-state index contributed by atoms with van der Waals surface area (Å²) < 4.78 is 0. The van der Waals surface area contributed by atoms with Crippen LogP contribution in [0.4, 0.5) is 5.69 Å². The highest BCUT2D eigenvalue weighted by Crippen LogP contribution is 2.36. The van der Waals surface area contributed by atoms with Gasteiger partial charge in [0.1, 0.15) is 0 Å². The molecule has 0 spiro atoms. The molecule has 6 nitrogen and oxygen atoms in total. The Hall–Kier alpha value is -2.02. The number of carbonyl (C=O) groups is 3. The molecule has 0 bridgehead atoms. The number of nitrogens with one attached hydrogen (secondary N) is 1. The predicted octanol–water partition coefficient (Wildman–Crippen LogP) is 2.45. The Balaban J connectivity index is 1.82. The van der Waals surface area contributed by atoms with E-state index in [1.807, 2.05) is 13.0 Å². The zero-order chi connectivity index (χ0) is 17.5. The quantitative estimate of drug-likeness (QED) is 0.857. The third-order valence-corrected chi connectivity index (χ3v) is 5.83. The van der Waals surface area contributed by atoms with Crippen LogP contribution in [0.25, 0.3) is 0 Å². The minimum atomic E-state index is -0.901. The lowest BCUT2D eigenvalue weighted by Gasteiger charge is -2.37. The van der Waals surface area contributed by atoms with Gasteiger partial charge in [-0.1, -0.05) is 0 Å². The van der Waals surface area contributed by atoms with Gasteiger partial charge in [-0.2, -0.15) is 0 Å². The van der Waals surface area contributed by atoms with Crippen LogP contribution in [0.2, 0.25) is 0 Å². The molecule has 0 saturated carbocycles. The van der Waals surface area contributed by atoms with E-state index in [-0.39, 0.29) is 23.6 Å². The smallest absolute Gasteiger partial charge is 0.311 e. The number of fused-ring (bicyclic) bond motifs is 1. The van der Waals surface area contributed by atoms with Crippen molar-refractivity contribution >= 4 is 35.2 Å². The van der Waals surface area contributed by atoms with Crippen molar-refractivity contribution < 1.29 is 19.5 Å². The molecule has 2 heterocycles. The van der Waals surface area contributed by atoms with Crippen LogP contribution < -0.4 is 5.32 Å². The zero-order valence-corrected chi connectivity index (χ0v) is 14.5. The molecule has 2 atom stereocenters. The molecule has 1 saturated heterocycles. The molecule has 1 aromatic rings. The number of carboxylic acid groups (broad SMARTS) is 1. The second-order valence-corrected chi connectivity index (χ2v) is 8.04. The van der Waals surface area contributed by atoms with Gasteiger partial charge in [0.2, 0.25) is 5.91 Å². The molecule has 24 heavy (non-hydrogen) atoms. The van der Waals surface area contributed by atoms with Crippen molar-refractivity contribution in [3.05, 3.63) is 23.8 Å². The van der Waals surface area contributed by atoms with E-state index in [0.29, 0.717) is 30.6 Å². The average Bonchev–Trinajstić information content (AvgIpc) is 2.55. The largest absolute Gasteiger partial charge is 0.481 e. The number of rotatable bonds is 2. The first-order valence-corrected chi connectivity index (χ1v) is 8.82. The molecule has 2 aliphatic heterocycles. The number of thioether (sulfide) groups is 1. The number of benzene rings is 1. The molecule has 0 radical (unpaired) electrons. The lowest BCUT2D eigenvalue weighted by atomic mass is 9.82. The fourth-order valence-corrected chi connectivity index (χ4v) is 4.04. The number of amides is 2. The van der Waals surface area contributed by atoms with Gasteiger partial charge in [-0.3, -0.25) is 14.4 Å². The summed E-state index contributed by atoms with van der Waals surface area (Å²) >= 11 is 1.46. The number of likely N-dealkylation sites (tertiary alicyclic amines) is 1. The summed E-state index contributed by atoms with van der Waals surface area (Å²) in [6.45, 7) is 4.27. The second kappa shape index (κ2) is 6.12. The molecule has 0 aliphatic carbocycles. The van der Waals surface area contributed by atoms with E-state index in [1.165, 1.54) is 11.8 Å². The van der Waals surface area contributed by atoms with E-state index >= 15 is 0 Å². The normalized spacial score (nSPS) is 26.5. The first kappa shape index (κ1) is 16.8. The maximum Gasteiger partial charge on any atom is 0.311 e. The van der Waals surface area contributed by atoms with Crippen LogP contribution in [-0.2, 0) is 9.59 Å². The van der Waals surface area contributed by atoms with E-state index in [1.54, 1.807) is 24.0 Å². The summed E-state index contributed by atoms with van der Waals surface area (Å²) in [6, 6.07) is 5.26. The molecule has 2 aliphatic rings. The Morgan fingerprint density at radius 3 is 2.88 bits per heavy atom. The molecule has 2 amide bonds. The number of hydrogen-bond donors (Lipinski definition) is 2. The van der Waals surface area contributed by atoms with Gasteiger partial charge in [0.05, 0.1) is 16.4 Å². The minimum Gasteiger partial charge on any atom is -0.481 e. The van der Waals surface area contributed by atoms with Crippen LogP contribution in [0.5, 0.6) is 0 Å². The number of carboxylic acids is 1. The number of anilines is 1. The molecule has 1 fully saturated rings. The third-order valence-electron chi connectivity index (χ3n) is 4.66. The van der Waals surface area contributed by atoms with Crippen LogP contribution in [-0.4, -0.2) is 46.1 Å². The molecule has 0 aromatic heterocycles. The van der Waals surface area contributed by atoms with E-state index in [2.05, 4.69) is 5.32 Å². The van der Waals surface area contributed by atoms with Crippen molar-refractivity contribution in [3.63, 3.8) is 0 Å². The maximum atomic E-state index is 12.8. The number of carbonyl (C=O) groups excluding carboxylic acids is 2. The Kier molecular flexibility index (Phi) is 4.29. The van der Waals surface area contributed by atoms with Crippen LogP contribution in [0.1, 0.15) is 37.0 Å². The van der Waals surface area contributed by atoms with Crippen molar-refractivity contribution in [2.24, 2.45) is 5.41 Å². The van der Waals surface area contributed by atoms with Gasteiger partial charge < -0.3 is 15.3 Å². The first-order chi connectivity index (χ1) is 11.3. The zero-order valence-electron chi connectivity index (χ0n) is 13.7. The second-order valence-electron chi connectivity index (χ2n) is 6.66. The van der Waals surface area contributed by atoms with E-state index in [4.69, 9.17) is 0 Å². The van der Waals surface area contributed by atoms with E-state index in [9.17, 15) is 19.5 Å². The van der Waals surface area contributed by atoms with Crippen molar-refractivity contribution in [3.8, 4) is 0 Å². The summed E-state index contributed by atoms with van der Waals surface area (Å²) in [5.41, 5.74) is 0.215. The van der Waals surface area contributed by atoms with Crippen molar-refractivity contribution in [1.29, 1.82) is 0 Å². The van der Waals surface area contributed by atoms with Crippen molar-refractivity contribution in [2.45, 2.75) is 36.8 Å². The molecule has 2 unspecified atom stereocenters. The lowest BCUT2D eigenvalue weighted by Crippen LogP contribution is -2.48. The van der Waals surface area contributed by atoms with Crippen molar-refractivity contribution in [1.82, 2.24) is 4.90 Å². The molecular weight excluding hydrogens is 328 g/mol. The summed E-state index contributed by atoms with van der Waals surface area (Å²) in [5.74, 6) is -1.14. The molecular formula is C17H20N2O4S. The predicted molar refractivity (Wildman–Crippen MR) is 91.3 cm³/mol. The number of hydrogen-bond acceptors (Lipinski definition) is 4. The summed E-state index contributed by atoms with van der Waals surface area (Å²) in [5, 5.41) is 12.1. The fourth-order valence-electron chi connectivity index (χ4n) is 3.11. The summed E-state index contributed by atoms with van der Waals surface area (Å²) in [6.07, 6.45) is 1.24. The Morgan fingerprint density at radius 2 is 2.17 bits per heavy atom. The van der Waals surface area contributed by atoms with Gasteiger partial charge in [0, 0.05) is 23.5 Å². The maximum absolute atomic E-state index is 12.8. The summed E-state index contributed by atoms with van der Waals surface area (Å²) in [4.78, 5) is 38.5. The van der Waals surface area contributed by atoms with E-state index in [0.717, 1.165) is 4.90 Å². The van der Waals surface area contributed by atoms with Gasteiger partial charge in [-0.15, -0.1) is 11.8 Å². The van der Waals surface area contributed by atoms with Gasteiger partial charge >= 0.3 is 5.97 Å². The van der Waals surface area contributed by atoms with Crippen molar-refractivity contribution in [2.75, 3.05) is 18.4 Å². The monoisotopic (exact) mass is 348 g/mol. The summed E-state index contributed by atoms with van der Waals surface area (Å²) in [7, 11) is 0. The van der Waals surface area contributed by atoms with Crippen LogP contribution in [0.3, 0.4) is 0 Å². The molecule has 2 N–H and O–H groups in total. The van der Waals surface area contributed by atoms with Crippen LogP contribution in [0, 0.1) is 5.41 Å². The number of piperidine rings is 1. The van der Waals surface area contributed by atoms with Crippen LogP contribution >= 0.6 is 11.8 Å². The van der Waals surface area contributed by atoms with Gasteiger partial charge in [0.15, 0.2) is 0 Å².